The van der Waals surface area contributed by atoms with Gasteiger partial charge in [-0.15, -0.1) is 13.2 Å². The number of piperidine rings is 1. The maximum atomic E-state index is 14.0. The van der Waals surface area contributed by atoms with Crippen LogP contribution in [0.25, 0.3) is 5.76 Å². The van der Waals surface area contributed by atoms with Crippen molar-refractivity contribution in [2.75, 3.05) is 41.3 Å². The standard InChI is InChI=1S/C31H37F3N4O9/c1-36(2)12-19(40)38-8-6-5-7-17(38)14-11-18(39)21-15(26(14)47-31(32,33)34)9-13-10-16-23(37(3)4)25(42)22(29(35)45)28(44)30(16,46)27(43)20(13)24(21)41/h11,13,16-17,23,39,41,44,46H,5-10,12H2,1-4H3,(H2,35,45)/t13-,16-,17?,23-,30-/m0/s1. The summed E-state index contributed by atoms with van der Waals surface area (Å²) < 4.78 is 46.7. The monoisotopic (exact) mass is 666 g/mol. The van der Waals surface area contributed by atoms with Crippen LogP contribution in [0.1, 0.15) is 48.4 Å². The van der Waals surface area contributed by atoms with Crippen LogP contribution in [-0.4, -0.2) is 118 Å². The van der Waals surface area contributed by atoms with Crippen molar-refractivity contribution >= 4 is 29.1 Å². The number of amides is 2. The van der Waals surface area contributed by atoms with Gasteiger partial charge in [-0.1, -0.05) is 0 Å². The summed E-state index contributed by atoms with van der Waals surface area (Å²) in [6, 6.07) is -1.31. The number of primary amides is 1. The number of phenols is 1. The van der Waals surface area contributed by atoms with E-state index >= 15 is 0 Å². The fourth-order valence-electron chi connectivity index (χ4n) is 7.72. The molecule has 1 heterocycles. The molecule has 1 saturated carbocycles. The van der Waals surface area contributed by atoms with Crippen molar-refractivity contribution in [2.24, 2.45) is 17.6 Å². The number of hydrogen-bond donors (Lipinski definition) is 5. The number of benzene rings is 1. The van der Waals surface area contributed by atoms with Crippen molar-refractivity contribution in [1.82, 2.24) is 14.7 Å². The number of phenolic OH excluding ortho intramolecular Hbond substituents is 1. The van der Waals surface area contributed by atoms with Crippen LogP contribution in [0.3, 0.4) is 0 Å². The van der Waals surface area contributed by atoms with E-state index in [0.717, 1.165) is 6.07 Å². The van der Waals surface area contributed by atoms with Gasteiger partial charge in [-0.25, -0.2) is 0 Å². The Hall–Kier alpha value is -4.15. The SMILES string of the molecule is CN(C)CC(=O)N1CCCCC1c1cc(O)c2c(c1OC(F)(F)F)C[C@H]1C[C@H]3[C@H](N(C)C)C(=O)C(C(N)=O)=C(O)[C@@]3(O)C(=O)C1=C2O. The highest BCUT2D eigenvalue weighted by molar-refractivity contribution is 6.24. The molecule has 5 atom stereocenters. The van der Waals surface area contributed by atoms with Crippen molar-refractivity contribution < 1.29 is 57.5 Å². The van der Waals surface area contributed by atoms with Gasteiger partial charge in [0, 0.05) is 29.2 Å². The molecule has 0 bridgehead atoms. The van der Waals surface area contributed by atoms with Gasteiger partial charge in [0.05, 0.1) is 24.2 Å². The van der Waals surface area contributed by atoms with Gasteiger partial charge in [-0.05, 0) is 72.3 Å². The molecule has 16 heteroatoms. The number of alkyl halides is 3. The maximum Gasteiger partial charge on any atom is 0.573 e. The zero-order valence-electron chi connectivity index (χ0n) is 26.2. The predicted molar refractivity (Wildman–Crippen MR) is 158 cm³/mol. The summed E-state index contributed by atoms with van der Waals surface area (Å²) >= 11 is 0. The molecule has 4 aliphatic rings. The van der Waals surface area contributed by atoms with Crippen LogP contribution >= 0.6 is 0 Å². The number of nitrogens with zero attached hydrogens (tertiary/aromatic N) is 3. The highest BCUT2D eigenvalue weighted by Gasteiger charge is 2.64. The summed E-state index contributed by atoms with van der Waals surface area (Å²) in [5.74, 6) is -10.2. The normalized spacial score (nSPS) is 28.0. The van der Waals surface area contributed by atoms with E-state index in [-0.39, 0.29) is 43.0 Å². The second-order valence-corrected chi connectivity index (χ2v) is 13.0. The van der Waals surface area contributed by atoms with E-state index in [9.17, 15) is 52.8 Å². The Morgan fingerprint density at radius 3 is 2.36 bits per heavy atom. The molecular formula is C31H37F3N4O9. The molecule has 13 nitrogen and oxygen atoms in total. The Kier molecular flexibility index (Phi) is 8.60. The zero-order chi connectivity index (χ0) is 34.9. The molecule has 0 radical (unpaired) electrons. The molecule has 0 aromatic heterocycles. The van der Waals surface area contributed by atoms with Gasteiger partial charge in [-0.3, -0.25) is 24.1 Å². The smallest absolute Gasteiger partial charge is 0.508 e. The number of likely N-dealkylation sites (N-methyl/N-ethyl adjacent to an activating group) is 2. The van der Waals surface area contributed by atoms with Crippen LogP contribution < -0.4 is 10.5 Å². The van der Waals surface area contributed by atoms with E-state index < -0.39 is 99.5 Å². The lowest BCUT2D eigenvalue weighted by Crippen LogP contribution is -2.65. The van der Waals surface area contributed by atoms with Crippen LogP contribution in [0.5, 0.6) is 11.5 Å². The first-order valence-electron chi connectivity index (χ1n) is 15.0. The lowest BCUT2D eigenvalue weighted by molar-refractivity contribution is -0.275. The Morgan fingerprint density at radius 1 is 1.13 bits per heavy atom. The Balaban J connectivity index is 1.72. The molecule has 1 aromatic rings. The van der Waals surface area contributed by atoms with Crippen molar-refractivity contribution in [3.05, 3.63) is 39.7 Å². The second-order valence-electron chi connectivity index (χ2n) is 13.0. The third-order valence-electron chi connectivity index (χ3n) is 9.55. The number of carbonyl (C=O) groups excluding carboxylic acids is 4. The minimum Gasteiger partial charge on any atom is -0.508 e. The van der Waals surface area contributed by atoms with Crippen LogP contribution in [0.2, 0.25) is 0 Å². The van der Waals surface area contributed by atoms with Gasteiger partial charge in [0.15, 0.2) is 11.4 Å². The minimum atomic E-state index is -5.23. The first-order chi connectivity index (χ1) is 21.8. The topological polar surface area (TPSA) is 194 Å². The number of nitrogens with two attached hydrogens (primary N) is 1. The third kappa shape index (κ3) is 5.51. The summed E-state index contributed by atoms with van der Waals surface area (Å²) in [5, 5.41) is 45.4. The molecular weight excluding hydrogens is 629 g/mol. The van der Waals surface area contributed by atoms with E-state index in [1.54, 1.807) is 19.0 Å². The van der Waals surface area contributed by atoms with Gasteiger partial charge in [0.1, 0.15) is 28.6 Å². The summed E-state index contributed by atoms with van der Waals surface area (Å²) in [5.41, 5.74) is -0.0415. The summed E-state index contributed by atoms with van der Waals surface area (Å²) in [6.45, 7) is 0.229. The van der Waals surface area contributed by atoms with Gasteiger partial charge in [0.25, 0.3) is 5.91 Å². The fourth-order valence-corrected chi connectivity index (χ4v) is 7.72. The molecule has 1 aliphatic heterocycles. The molecule has 47 heavy (non-hydrogen) atoms. The average molecular weight is 667 g/mol. The van der Waals surface area contributed by atoms with Gasteiger partial charge >= 0.3 is 6.36 Å². The maximum absolute atomic E-state index is 14.0. The van der Waals surface area contributed by atoms with Crippen molar-refractivity contribution in [1.29, 1.82) is 0 Å². The number of aromatic hydroxyl groups is 1. The molecule has 2 fully saturated rings. The number of likely N-dealkylation sites (tertiary alicyclic amines) is 1. The number of aliphatic hydroxyl groups excluding tert-OH is 2. The van der Waals surface area contributed by atoms with Gasteiger partial charge in [-0.2, -0.15) is 0 Å². The first kappa shape index (κ1) is 34.2. The molecule has 0 spiro atoms. The molecule has 1 aromatic carbocycles. The third-order valence-corrected chi connectivity index (χ3v) is 9.55. The number of carbonyl (C=O) groups is 4. The Labute approximate surface area is 267 Å². The summed E-state index contributed by atoms with van der Waals surface area (Å²) in [4.78, 5) is 57.1. The van der Waals surface area contributed by atoms with Crippen LogP contribution in [-0.2, 0) is 25.6 Å². The number of aliphatic hydroxyl groups is 3. The van der Waals surface area contributed by atoms with E-state index in [1.165, 1.54) is 23.9 Å². The molecule has 5 rings (SSSR count). The predicted octanol–water partition coefficient (Wildman–Crippen LogP) is 1.48. The highest BCUT2D eigenvalue weighted by Crippen LogP contribution is 2.55. The van der Waals surface area contributed by atoms with Crippen molar-refractivity contribution in [3.63, 3.8) is 0 Å². The molecule has 3 aliphatic carbocycles. The largest absolute Gasteiger partial charge is 0.573 e. The van der Waals surface area contributed by atoms with E-state index in [0.29, 0.717) is 12.8 Å². The van der Waals surface area contributed by atoms with Crippen molar-refractivity contribution in [2.45, 2.75) is 56.2 Å². The number of rotatable bonds is 6. The van der Waals surface area contributed by atoms with E-state index in [2.05, 4.69) is 4.74 Å². The van der Waals surface area contributed by atoms with E-state index in [4.69, 9.17) is 5.73 Å². The lowest BCUT2D eigenvalue weighted by Gasteiger charge is -2.50. The lowest BCUT2D eigenvalue weighted by atomic mass is 9.57. The Bertz CT molecular complexity index is 1620. The molecule has 1 saturated heterocycles. The number of halogens is 3. The quantitative estimate of drug-likeness (QED) is 0.276. The Morgan fingerprint density at radius 2 is 1.79 bits per heavy atom. The number of hydrogen-bond acceptors (Lipinski definition) is 11. The number of ketones is 2. The molecule has 2 amide bonds. The zero-order valence-corrected chi connectivity index (χ0v) is 26.2. The van der Waals surface area contributed by atoms with Crippen molar-refractivity contribution in [3.8, 4) is 11.5 Å². The second kappa shape index (κ2) is 11.8. The minimum absolute atomic E-state index is 0.0191. The molecule has 1 unspecified atom stereocenters. The average Bonchev–Trinajstić information content (AvgIpc) is 2.95. The number of fused-ring (bicyclic) bond motifs is 3. The summed E-state index contributed by atoms with van der Waals surface area (Å²) in [6.07, 6.45) is -4.54. The fraction of sp³-hybridized carbons (Fsp3) is 0.548. The van der Waals surface area contributed by atoms with Gasteiger partial charge < -0.3 is 40.7 Å². The van der Waals surface area contributed by atoms with Gasteiger partial charge in [0.2, 0.25) is 11.7 Å². The van der Waals surface area contributed by atoms with Crippen LogP contribution in [0.4, 0.5) is 13.2 Å². The van der Waals surface area contributed by atoms with E-state index in [1.807, 2.05) is 0 Å². The van der Waals surface area contributed by atoms with Crippen LogP contribution in [0.15, 0.2) is 23.0 Å². The van der Waals surface area contributed by atoms with Crippen LogP contribution in [0, 0.1) is 11.8 Å². The summed E-state index contributed by atoms with van der Waals surface area (Å²) in [7, 11) is 6.20. The number of ether oxygens (including phenoxy) is 1. The molecule has 256 valence electrons. The first-order valence-corrected chi connectivity index (χ1v) is 15.0. The highest BCUT2D eigenvalue weighted by atomic mass is 19.4. The number of Topliss-reactive ketones (excluding diaryl/α,β-unsaturated/α-hetero) is 2. The molecule has 6 N–H and O–H groups in total.